The van der Waals surface area contributed by atoms with E-state index in [4.69, 9.17) is 18.9 Å². The lowest BCUT2D eigenvalue weighted by atomic mass is 10.2. The summed E-state index contributed by atoms with van der Waals surface area (Å²) in [4.78, 5) is 50.0. The molecule has 0 radical (unpaired) electrons. The smallest absolute Gasteiger partial charge is 0.360 e. The summed E-state index contributed by atoms with van der Waals surface area (Å²) in [7, 11) is 6.75. The molecule has 0 saturated heterocycles. The second-order valence-electron chi connectivity index (χ2n) is 12.2. The molecule has 16 rings (SSSR count). The number of ether oxygens (including phenoxy) is 4. The van der Waals surface area contributed by atoms with Crippen molar-refractivity contribution < 1.29 is 38.1 Å². The third kappa shape index (κ3) is 11.4. The van der Waals surface area contributed by atoms with Gasteiger partial charge in [-0.25, -0.2) is 0 Å². The summed E-state index contributed by atoms with van der Waals surface area (Å²) in [5.41, 5.74) is 2.35. The first-order valence-electron chi connectivity index (χ1n) is 17.0. The van der Waals surface area contributed by atoms with Gasteiger partial charge in [0.25, 0.3) is 0 Å². The van der Waals surface area contributed by atoms with E-state index in [9.17, 15) is 19.2 Å². The Balaban J connectivity index is 0.000000574. The molecule has 20 nitrogen and oxygen atoms in total. The van der Waals surface area contributed by atoms with E-state index < -0.39 is 0 Å². The van der Waals surface area contributed by atoms with Gasteiger partial charge in [0.05, 0.1) is 0 Å². The molecule has 0 fully saturated rings. The summed E-state index contributed by atoms with van der Waals surface area (Å²) < 4.78 is 22.7. The van der Waals surface area contributed by atoms with E-state index in [-0.39, 0.29) is 35.9 Å². The van der Waals surface area contributed by atoms with Gasteiger partial charge in [-0.3, -0.25) is 29.0 Å². The molecule has 4 aromatic carbocycles. The maximum atomic E-state index is 12.6. The van der Waals surface area contributed by atoms with Gasteiger partial charge in [0.1, 0.15) is 23.0 Å². The number of carbonyl (C=O) groups excluding carboxylic acids is 4. The molecule has 296 valence electrons. The molecule has 0 N–H and O–H groups in total. The molecular formula is C38H36N12O8. The van der Waals surface area contributed by atoms with Gasteiger partial charge in [0.15, 0.2) is 0 Å². The van der Waals surface area contributed by atoms with E-state index in [1.807, 2.05) is 0 Å². The molecule has 2 aromatic heterocycles. The summed E-state index contributed by atoms with van der Waals surface area (Å²) in [6.45, 7) is 2.90. The van der Waals surface area contributed by atoms with Gasteiger partial charge in [-0.15, -0.1) is 0 Å². The Labute approximate surface area is 331 Å². The molecule has 0 spiro atoms. The molecule has 12 bridgehead atoms. The first-order chi connectivity index (χ1) is 27.9. The summed E-state index contributed by atoms with van der Waals surface area (Å²) in [6.07, 6.45) is 1.50. The predicted octanol–water partition coefficient (Wildman–Crippen LogP) is 5.11. The highest BCUT2D eigenvalue weighted by atomic mass is 16.5. The van der Waals surface area contributed by atoms with Crippen LogP contribution in [0.3, 0.4) is 0 Å². The summed E-state index contributed by atoms with van der Waals surface area (Å²) in [5, 5.41) is 31.5. The van der Waals surface area contributed by atoms with Crippen LogP contribution in [-0.2, 0) is 19.2 Å². The van der Waals surface area contributed by atoms with E-state index in [1.165, 1.54) is 33.4 Å². The highest BCUT2D eigenvalue weighted by Crippen LogP contribution is 2.32. The number of anilines is 4. The summed E-state index contributed by atoms with van der Waals surface area (Å²) in [6, 6.07) is 26.4. The van der Waals surface area contributed by atoms with Gasteiger partial charge >= 0.3 is 24.0 Å². The van der Waals surface area contributed by atoms with Gasteiger partial charge in [-0.2, -0.15) is 0 Å². The van der Waals surface area contributed by atoms with Crippen molar-refractivity contribution in [1.82, 2.24) is 50.6 Å². The fraction of sp³-hybridized carbons (Fsp3) is 0.158. The van der Waals surface area contributed by atoms with Crippen molar-refractivity contribution in [2.24, 2.45) is 0 Å². The molecule has 0 unspecified atom stereocenters. The van der Waals surface area contributed by atoms with Crippen molar-refractivity contribution in [3.8, 4) is 47.0 Å². The van der Waals surface area contributed by atoms with Crippen molar-refractivity contribution >= 4 is 47.4 Å². The quantitative estimate of drug-likeness (QED) is 0.208. The minimum absolute atomic E-state index is 0.110. The standard InChI is InChI=1S/C32H22N10O6.2C3H7NO/c1-19(43)41-21-3-11-25(12-4-21)45-29-33-37-31(38-34-29)47-27-15-7-23(8-16-27)42(20(2)44)24-9-17-28(18-10-24)48-32-39-35-30(36-40-32)46-26-13-5-22(41)6-14-26;2*1-4(2)3-5/h3-18H,1-2H3;2*3H,1-2H3. The summed E-state index contributed by atoms with van der Waals surface area (Å²) in [5.74, 6) is 1.12. The number of hydrogen-bond acceptors (Lipinski definition) is 16. The van der Waals surface area contributed by atoms with Crippen LogP contribution in [0.2, 0.25) is 0 Å². The molecule has 20 heteroatoms. The van der Waals surface area contributed by atoms with Gasteiger partial charge in [-0.1, -0.05) is 40.8 Å². The first kappa shape index (κ1) is 41.0. The second kappa shape index (κ2) is 19.4. The summed E-state index contributed by atoms with van der Waals surface area (Å²) >= 11 is 0. The van der Waals surface area contributed by atoms with Crippen LogP contribution in [0.1, 0.15) is 13.8 Å². The van der Waals surface area contributed by atoms with Crippen molar-refractivity contribution in [1.29, 1.82) is 0 Å². The highest BCUT2D eigenvalue weighted by Gasteiger charge is 2.18. The third-order valence-electron chi connectivity index (χ3n) is 7.15. The maximum absolute atomic E-state index is 12.6. The van der Waals surface area contributed by atoms with Crippen molar-refractivity contribution in [3.63, 3.8) is 0 Å². The molecule has 10 aliphatic rings. The van der Waals surface area contributed by atoms with Crippen LogP contribution in [0.4, 0.5) is 22.7 Å². The van der Waals surface area contributed by atoms with Crippen LogP contribution in [0.15, 0.2) is 97.1 Å². The van der Waals surface area contributed by atoms with Crippen LogP contribution in [-0.4, -0.2) is 103 Å². The largest absolute Gasteiger partial charge is 0.422 e. The number of rotatable bonds is 2. The average Bonchev–Trinajstić information content (AvgIpc) is 3.22. The Kier molecular flexibility index (Phi) is 13.7. The molecule has 0 atom stereocenters. The minimum atomic E-state index is -0.219. The van der Waals surface area contributed by atoms with Gasteiger partial charge in [-0.05, 0) is 97.1 Å². The predicted molar refractivity (Wildman–Crippen MR) is 206 cm³/mol. The normalized spacial score (nSPS) is 11.3. The van der Waals surface area contributed by atoms with Crippen LogP contribution in [0.25, 0.3) is 0 Å². The maximum Gasteiger partial charge on any atom is 0.360 e. The van der Waals surface area contributed by atoms with Crippen LogP contribution < -0.4 is 28.7 Å². The molecule has 58 heavy (non-hydrogen) atoms. The Morgan fingerprint density at radius 1 is 0.414 bits per heavy atom. The van der Waals surface area contributed by atoms with Crippen molar-refractivity contribution in [3.05, 3.63) is 97.1 Å². The molecule has 6 aromatic rings. The Hall–Kier alpha value is -8.16. The van der Waals surface area contributed by atoms with E-state index in [0.717, 1.165) is 12.8 Å². The van der Waals surface area contributed by atoms with E-state index in [1.54, 1.807) is 125 Å². The lowest BCUT2D eigenvalue weighted by molar-refractivity contribution is -0.116. The van der Waals surface area contributed by atoms with Gasteiger partial charge in [0.2, 0.25) is 24.6 Å². The lowest BCUT2D eigenvalue weighted by Gasteiger charge is -2.22. The fourth-order valence-corrected chi connectivity index (χ4v) is 4.69. The average molecular weight is 789 g/mol. The van der Waals surface area contributed by atoms with Crippen molar-refractivity contribution in [2.45, 2.75) is 13.8 Å². The number of carbonyl (C=O) groups is 4. The van der Waals surface area contributed by atoms with Crippen LogP contribution in [0.5, 0.6) is 47.0 Å². The second-order valence-corrected chi connectivity index (χ2v) is 12.2. The molecule has 0 saturated carbocycles. The van der Waals surface area contributed by atoms with Crippen molar-refractivity contribution in [2.75, 3.05) is 38.0 Å². The topological polar surface area (TPSA) is 221 Å². The zero-order valence-electron chi connectivity index (χ0n) is 32.0. The van der Waals surface area contributed by atoms with E-state index >= 15 is 0 Å². The van der Waals surface area contributed by atoms with Gasteiger partial charge < -0.3 is 28.7 Å². The molecule has 0 aliphatic carbocycles. The lowest BCUT2D eigenvalue weighted by Crippen LogP contribution is -2.22. The van der Waals surface area contributed by atoms with E-state index in [2.05, 4.69) is 40.8 Å². The zero-order valence-corrected chi connectivity index (χ0v) is 32.0. The number of benzene rings is 4. The molecule has 4 amide bonds. The highest BCUT2D eigenvalue weighted by molar-refractivity contribution is 5.99. The number of amides is 4. The third-order valence-corrected chi connectivity index (χ3v) is 7.15. The van der Waals surface area contributed by atoms with E-state index in [0.29, 0.717) is 45.7 Å². The van der Waals surface area contributed by atoms with Gasteiger partial charge in [0, 0.05) is 64.8 Å². The molecule has 12 heterocycles. The zero-order chi connectivity index (χ0) is 41.6. The fourth-order valence-electron chi connectivity index (χ4n) is 4.69. The number of aromatic nitrogens is 8. The number of nitrogens with zero attached hydrogens (tertiary/aromatic N) is 12. The van der Waals surface area contributed by atoms with Crippen LogP contribution in [0, 0.1) is 0 Å². The number of hydrogen-bond donors (Lipinski definition) is 0. The SMILES string of the molecule is CC(=O)N1c2ccc(cc2)Oc2nnc(nn2)Oc2ccc(cc2)N(C(C)=O)c2ccc(cc2)Oc2nnc(nn2)Oc2ccc1cc2.CN(C)C=O.CN(C)C=O. The van der Waals surface area contributed by atoms with Crippen LogP contribution >= 0.6 is 0 Å². The Morgan fingerprint density at radius 2 is 0.586 bits per heavy atom. The molecular weight excluding hydrogens is 752 g/mol. The Bertz CT molecular complexity index is 1980. The first-order valence-corrected chi connectivity index (χ1v) is 17.0. The monoisotopic (exact) mass is 788 g/mol. The molecule has 10 aliphatic heterocycles. The Morgan fingerprint density at radius 3 is 0.724 bits per heavy atom. The minimum Gasteiger partial charge on any atom is -0.422 e.